The van der Waals surface area contributed by atoms with Gasteiger partial charge in [0.2, 0.25) is 0 Å². The zero-order valence-corrected chi connectivity index (χ0v) is 14.3. The second-order valence-corrected chi connectivity index (χ2v) is 7.03. The number of hydrogen-bond acceptors (Lipinski definition) is 3. The number of amides is 1. The predicted molar refractivity (Wildman–Crippen MR) is 85.2 cm³/mol. The number of carboxylic acids is 1. The van der Waals surface area contributed by atoms with E-state index < -0.39 is 29.9 Å². The van der Waals surface area contributed by atoms with Crippen molar-refractivity contribution >= 4 is 27.8 Å². The van der Waals surface area contributed by atoms with Crippen LogP contribution in [0.3, 0.4) is 0 Å². The topological polar surface area (TPSA) is 75.4 Å². The molecule has 0 fully saturated rings. The molecule has 6 nitrogen and oxygen atoms in total. The third kappa shape index (κ3) is 2.45. The molecule has 0 radical (unpaired) electrons. The number of carbonyl (C=O) groups excluding carboxylic acids is 1. The van der Waals surface area contributed by atoms with Crippen LogP contribution in [0.1, 0.15) is 33.4 Å². The Balaban J connectivity index is 1.76. The minimum absolute atomic E-state index is 0.0496. The fraction of sp³-hybridized carbons (Fsp3) is 0.312. The van der Waals surface area contributed by atoms with Crippen LogP contribution in [-0.4, -0.2) is 37.6 Å². The summed E-state index contributed by atoms with van der Waals surface area (Å²) in [6.07, 6.45) is 0.324. The number of hydrogen-bond donors (Lipinski definition) is 1. The fourth-order valence-electron chi connectivity index (χ4n) is 3.48. The van der Waals surface area contributed by atoms with E-state index in [0.29, 0.717) is 10.2 Å². The Kier molecular flexibility index (Phi) is 3.64. The quantitative estimate of drug-likeness (QED) is 0.841. The first-order chi connectivity index (χ1) is 11.9. The summed E-state index contributed by atoms with van der Waals surface area (Å²) in [6, 6.07) is 1.31. The van der Waals surface area contributed by atoms with Crippen LogP contribution in [0.25, 0.3) is 0 Å². The highest BCUT2D eigenvalue weighted by molar-refractivity contribution is 9.10. The van der Waals surface area contributed by atoms with Gasteiger partial charge in [0, 0.05) is 27.7 Å². The molecule has 0 saturated carbocycles. The number of nitrogens with zero attached hydrogens (tertiary/aromatic N) is 3. The van der Waals surface area contributed by atoms with Gasteiger partial charge in [0.25, 0.3) is 5.91 Å². The van der Waals surface area contributed by atoms with Gasteiger partial charge in [0.05, 0.1) is 25.1 Å². The van der Waals surface area contributed by atoms with Crippen LogP contribution in [-0.2, 0) is 24.3 Å². The maximum absolute atomic E-state index is 14.2. The van der Waals surface area contributed by atoms with Crippen LogP contribution in [0.2, 0.25) is 0 Å². The van der Waals surface area contributed by atoms with Gasteiger partial charge in [-0.15, -0.1) is 0 Å². The van der Waals surface area contributed by atoms with Crippen molar-refractivity contribution in [2.75, 3.05) is 0 Å². The van der Waals surface area contributed by atoms with Crippen LogP contribution in [0.15, 0.2) is 22.9 Å². The Morgan fingerprint density at radius 3 is 2.92 bits per heavy atom. The summed E-state index contributed by atoms with van der Waals surface area (Å²) in [5.41, 5.74) is 0.870. The molecular weight excluding hydrogens is 400 g/mol. The van der Waals surface area contributed by atoms with E-state index in [0.717, 1.165) is 4.90 Å². The van der Waals surface area contributed by atoms with E-state index >= 15 is 0 Å². The molecule has 1 aromatic heterocycles. The van der Waals surface area contributed by atoms with Crippen LogP contribution < -0.4 is 0 Å². The molecule has 1 unspecified atom stereocenters. The molecule has 9 heteroatoms. The normalized spacial score (nSPS) is 19.9. The van der Waals surface area contributed by atoms with Gasteiger partial charge in [-0.2, -0.15) is 0 Å². The Labute approximate surface area is 149 Å². The van der Waals surface area contributed by atoms with Crippen molar-refractivity contribution in [2.24, 2.45) is 0 Å². The second-order valence-electron chi connectivity index (χ2n) is 6.12. The lowest BCUT2D eigenvalue weighted by atomic mass is 10.1. The van der Waals surface area contributed by atoms with Gasteiger partial charge in [0.1, 0.15) is 12.0 Å². The van der Waals surface area contributed by atoms with Crippen molar-refractivity contribution in [1.82, 2.24) is 14.5 Å². The molecule has 1 N–H and O–H groups in total. The van der Waals surface area contributed by atoms with E-state index in [1.54, 1.807) is 4.57 Å². The monoisotopic (exact) mass is 411 g/mol. The van der Waals surface area contributed by atoms with Crippen molar-refractivity contribution in [3.63, 3.8) is 0 Å². The first-order valence-electron chi connectivity index (χ1n) is 7.56. The van der Waals surface area contributed by atoms with Crippen molar-refractivity contribution in [1.29, 1.82) is 0 Å². The molecule has 130 valence electrons. The lowest BCUT2D eigenvalue weighted by Gasteiger charge is -2.23. The van der Waals surface area contributed by atoms with Crippen LogP contribution in [0.4, 0.5) is 8.78 Å². The molecule has 2 aliphatic heterocycles. The van der Waals surface area contributed by atoms with Gasteiger partial charge >= 0.3 is 5.97 Å². The molecule has 25 heavy (non-hydrogen) atoms. The SMILES string of the molecule is O=C(O)C(c1ncn2c1C[C@@H](F)C2)N1Cc2c(F)cc(Br)cc2C1=O. The fourth-order valence-corrected chi connectivity index (χ4v) is 3.91. The minimum atomic E-state index is -1.39. The molecule has 0 spiro atoms. The molecule has 1 amide bonds. The van der Waals surface area contributed by atoms with Gasteiger partial charge in [-0.3, -0.25) is 4.79 Å². The molecule has 0 saturated heterocycles. The highest BCUT2D eigenvalue weighted by atomic mass is 79.9. The number of carbonyl (C=O) groups is 2. The molecule has 2 aliphatic rings. The molecule has 3 heterocycles. The van der Waals surface area contributed by atoms with E-state index in [1.807, 2.05) is 0 Å². The number of imidazole rings is 1. The van der Waals surface area contributed by atoms with Crippen molar-refractivity contribution in [3.8, 4) is 0 Å². The highest BCUT2D eigenvalue weighted by Crippen LogP contribution is 2.36. The molecule has 2 aromatic rings. The van der Waals surface area contributed by atoms with Gasteiger partial charge in [0.15, 0.2) is 6.04 Å². The first kappa shape index (κ1) is 16.2. The van der Waals surface area contributed by atoms with Crippen LogP contribution in [0.5, 0.6) is 0 Å². The zero-order chi connectivity index (χ0) is 17.9. The summed E-state index contributed by atoms with van der Waals surface area (Å²) in [4.78, 5) is 29.7. The predicted octanol–water partition coefficient (Wildman–Crippen LogP) is 2.46. The first-order valence-corrected chi connectivity index (χ1v) is 8.35. The molecule has 0 bridgehead atoms. The number of alkyl halides is 1. The Bertz CT molecular complexity index is 914. The number of aliphatic carboxylic acids is 1. The van der Waals surface area contributed by atoms with Gasteiger partial charge in [-0.05, 0) is 12.1 Å². The van der Waals surface area contributed by atoms with Gasteiger partial charge < -0.3 is 14.6 Å². The maximum Gasteiger partial charge on any atom is 0.332 e. The van der Waals surface area contributed by atoms with E-state index in [-0.39, 0.29) is 36.3 Å². The summed E-state index contributed by atoms with van der Waals surface area (Å²) < 4.78 is 29.7. The van der Waals surface area contributed by atoms with Gasteiger partial charge in [-0.1, -0.05) is 15.9 Å². The third-order valence-electron chi connectivity index (χ3n) is 4.57. The average molecular weight is 412 g/mol. The number of rotatable bonds is 3. The van der Waals surface area contributed by atoms with E-state index in [1.165, 1.54) is 18.5 Å². The Hall–Kier alpha value is -2.29. The summed E-state index contributed by atoms with van der Waals surface area (Å²) in [6.45, 7) is -0.0555. The second kappa shape index (κ2) is 5.62. The summed E-state index contributed by atoms with van der Waals surface area (Å²) in [5, 5.41) is 9.68. The lowest BCUT2D eigenvalue weighted by Crippen LogP contribution is -2.35. The number of fused-ring (bicyclic) bond motifs is 2. The molecule has 2 atom stereocenters. The maximum atomic E-state index is 14.2. The number of benzene rings is 1. The standard InChI is InChI=1S/C16H12BrF2N3O3/c17-7-1-9-10(11(19)2-7)5-22(15(9)23)14(16(24)25)13-12-3-8(18)4-21(12)6-20-13/h1-2,6,8,14H,3-5H2,(H,24,25)/t8-,14?/m1/s1. The third-order valence-corrected chi connectivity index (χ3v) is 5.03. The van der Waals surface area contributed by atoms with E-state index in [2.05, 4.69) is 20.9 Å². The number of aromatic nitrogens is 2. The van der Waals surface area contributed by atoms with Crippen molar-refractivity contribution < 1.29 is 23.5 Å². The van der Waals surface area contributed by atoms with Crippen molar-refractivity contribution in [2.45, 2.75) is 31.7 Å². The van der Waals surface area contributed by atoms with Gasteiger partial charge in [-0.25, -0.2) is 18.6 Å². The summed E-state index contributed by atoms with van der Waals surface area (Å²) >= 11 is 3.13. The molecule has 1 aromatic carbocycles. The molecular formula is C16H12BrF2N3O3. The number of carboxylic acid groups (broad SMARTS) is 1. The zero-order valence-electron chi connectivity index (χ0n) is 12.7. The Morgan fingerprint density at radius 1 is 1.44 bits per heavy atom. The average Bonchev–Trinajstić information content (AvgIpc) is 3.16. The largest absolute Gasteiger partial charge is 0.479 e. The van der Waals surface area contributed by atoms with E-state index in [4.69, 9.17) is 0 Å². The van der Waals surface area contributed by atoms with Crippen LogP contribution >= 0.6 is 15.9 Å². The Morgan fingerprint density at radius 2 is 2.20 bits per heavy atom. The van der Waals surface area contributed by atoms with E-state index in [9.17, 15) is 23.5 Å². The van der Waals surface area contributed by atoms with Crippen molar-refractivity contribution in [3.05, 3.63) is 51.3 Å². The highest BCUT2D eigenvalue weighted by Gasteiger charge is 2.42. The molecule has 4 rings (SSSR count). The summed E-state index contributed by atoms with van der Waals surface area (Å²) in [7, 11) is 0. The van der Waals surface area contributed by atoms with Crippen LogP contribution in [0, 0.1) is 5.82 Å². The molecule has 0 aliphatic carbocycles. The number of halogens is 3. The summed E-state index contributed by atoms with van der Waals surface area (Å²) in [5.74, 6) is -2.45. The minimum Gasteiger partial charge on any atom is -0.479 e. The smallest absolute Gasteiger partial charge is 0.332 e. The lowest BCUT2D eigenvalue weighted by molar-refractivity contribution is -0.142.